The summed E-state index contributed by atoms with van der Waals surface area (Å²) in [6.45, 7) is 3.43. The summed E-state index contributed by atoms with van der Waals surface area (Å²) in [6.07, 6.45) is 2.96. The lowest BCUT2D eigenvalue weighted by Gasteiger charge is -2.29. The van der Waals surface area contributed by atoms with E-state index in [1.807, 2.05) is 25.1 Å². The lowest BCUT2D eigenvalue weighted by atomic mass is 10.2. The Morgan fingerprint density at radius 2 is 2.12 bits per heavy atom. The van der Waals surface area contributed by atoms with Crippen molar-refractivity contribution in [3.8, 4) is 0 Å². The number of thiazole rings is 1. The third kappa shape index (κ3) is 3.99. The first kappa shape index (κ1) is 22.0. The van der Waals surface area contributed by atoms with Crippen LogP contribution in [0.2, 0.25) is 0 Å². The number of aromatic nitrogens is 1. The van der Waals surface area contributed by atoms with Crippen LogP contribution in [0, 0.1) is 6.92 Å². The highest BCUT2D eigenvalue weighted by Crippen LogP contribution is 2.35. The fourth-order valence-corrected chi connectivity index (χ4v) is 8.25. The molecular formula is C22H25N3O4S3. The molecule has 0 spiro atoms. The lowest BCUT2D eigenvalue weighted by molar-refractivity contribution is -0.122. The van der Waals surface area contributed by atoms with E-state index < -0.39 is 16.1 Å². The highest BCUT2D eigenvalue weighted by molar-refractivity contribution is 7.91. The molecule has 0 radical (unpaired) electrons. The van der Waals surface area contributed by atoms with Gasteiger partial charge in [0.1, 0.15) is 10.3 Å². The van der Waals surface area contributed by atoms with Crippen LogP contribution >= 0.6 is 22.7 Å². The second-order valence-electron chi connectivity index (χ2n) is 8.21. The second-order valence-corrected chi connectivity index (χ2v) is 12.3. The largest absolute Gasteiger partial charge is 0.376 e. The summed E-state index contributed by atoms with van der Waals surface area (Å²) in [5.74, 6) is -0.213. The number of nitrogens with zero attached hydrogens (tertiary/aromatic N) is 3. The van der Waals surface area contributed by atoms with Crippen LogP contribution in [0.3, 0.4) is 0 Å². The molecule has 2 aliphatic heterocycles. The normalized spacial score (nSPS) is 22.0. The van der Waals surface area contributed by atoms with E-state index in [9.17, 15) is 13.2 Å². The van der Waals surface area contributed by atoms with E-state index in [0.29, 0.717) is 37.7 Å². The summed E-state index contributed by atoms with van der Waals surface area (Å²) in [5.41, 5.74) is 1.93. The van der Waals surface area contributed by atoms with Crippen molar-refractivity contribution in [2.24, 2.45) is 0 Å². The number of hydrogen-bond donors (Lipinski definition) is 0. The Balaban J connectivity index is 1.50. The molecule has 2 aliphatic rings. The van der Waals surface area contributed by atoms with Gasteiger partial charge in [0.05, 0.1) is 22.9 Å². The first-order valence-corrected chi connectivity index (χ1v) is 13.9. The van der Waals surface area contributed by atoms with Crippen molar-refractivity contribution in [1.29, 1.82) is 0 Å². The van der Waals surface area contributed by atoms with Crippen LogP contribution in [0.4, 0.5) is 5.13 Å². The van der Waals surface area contributed by atoms with Gasteiger partial charge in [0.2, 0.25) is 5.91 Å². The number of ether oxygens (including phenoxy) is 1. The molecule has 2 aromatic heterocycles. The molecular weight excluding hydrogens is 466 g/mol. The van der Waals surface area contributed by atoms with Crippen LogP contribution in [0.15, 0.2) is 39.9 Å². The summed E-state index contributed by atoms with van der Waals surface area (Å²) < 4.78 is 34.9. The molecule has 1 amide bonds. The van der Waals surface area contributed by atoms with Gasteiger partial charge in [-0.25, -0.2) is 13.4 Å². The molecule has 5 rings (SSSR count). The topological polar surface area (TPSA) is 79.8 Å². The Labute approximate surface area is 195 Å². The average molecular weight is 492 g/mol. The number of benzene rings is 1. The van der Waals surface area contributed by atoms with Gasteiger partial charge in [-0.1, -0.05) is 29.5 Å². The molecule has 170 valence electrons. The van der Waals surface area contributed by atoms with Crippen LogP contribution < -0.4 is 4.90 Å². The first-order chi connectivity index (χ1) is 15.4. The maximum Gasteiger partial charge on any atom is 0.253 e. The zero-order chi connectivity index (χ0) is 22.3. The van der Waals surface area contributed by atoms with Crippen molar-refractivity contribution < 1.29 is 17.9 Å². The Hall–Kier alpha value is -1.85. The fourth-order valence-electron chi connectivity index (χ4n) is 4.42. The molecule has 0 bridgehead atoms. The second kappa shape index (κ2) is 8.83. The van der Waals surface area contributed by atoms with Crippen molar-refractivity contribution in [2.45, 2.75) is 49.0 Å². The van der Waals surface area contributed by atoms with Gasteiger partial charge >= 0.3 is 0 Å². The predicted molar refractivity (Wildman–Crippen MR) is 127 cm³/mol. The van der Waals surface area contributed by atoms with Crippen molar-refractivity contribution in [3.05, 3.63) is 41.3 Å². The molecule has 7 nitrogen and oxygen atoms in total. The summed E-state index contributed by atoms with van der Waals surface area (Å²) in [6, 6.07) is 8.58. The Bertz CT molecular complexity index is 1220. The highest BCUT2D eigenvalue weighted by Gasteiger charge is 2.43. The predicted octanol–water partition coefficient (Wildman–Crippen LogP) is 4.03. The maximum absolute atomic E-state index is 13.9. The fraction of sp³-hybridized carbons (Fsp3) is 0.455. The minimum absolute atomic E-state index is 0.0594. The van der Waals surface area contributed by atoms with Crippen LogP contribution in [0.5, 0.6) is 0 Å². The summed E-state index contributed by atoms with van der Waals surface area (Å²) >= 11 is 2.65. The summed E-state index contributed by atoms with van der Waals surface area (Å²) in [5, 5.41) is 2.35. The molecule has 2 atom stereocenters. The number of amides is 1. The van der Waals surface area contributed by atoms with Gasteiger partial charge in [-0.05, 0) is 55.7 Å². The van der Waals surface area contributed by atoms with Crippen LogP contribution in [-0.4, -0.2) is 55.5 Å². The Morgan fingerprint density at radius 1 is 1.25 bits per heavy atom. The van der Waals surface area contributed by atoms with E-state index in [4.69, 9.17) is 9.72 Å². The number of hydrogen-bond acceptors (Lipinski definition) is 7. The highest BCUT2D eigenvalue weighted by atomic mass is 32.2. The Kier molecular flexibility index (Phi) is 6.06. The van der Waals surface area contributed by atoms with Crippen molar-refractivity contribution in [1.82, 2.24) is 9.29 Å². The lowest BCUT2D eigenvalue weighted by Crippen LogP contribution is -2.49. The molecule has 2 unspecified atom stereocenters. The van der Waals surface area contributed by atoms with Crippen molar-refractivity contribution >= 4 is 54.0 Å². The molecule has 32 heavy (non-hydrogen) atoms. The van der Waals surface area contributed by atoms with Crippen molar-refractivity contribution in [2.75, 3.05) is 24.6 Å². The van der Waals surface area contributed by atoms with Crippen molar-refractivity contribution in [3.63, 3.8) is 0 Å². The quantitative estimate of drug-likeness (QED) is 0.520. The van der Waals surface area contributed by atoms with E-state index in [1.54, 1.807) is 22.4 Å². The third-order valence-electron chi connectivity index (χ3n) is 6.06. The minimum Gasteiger partial charge on any atom is -0.376 e. The van der Waals surface area contributed by atoms with Gasteiger partial charge < -0.3 is 4.74 Å². The van der Waals surface area contributed by atoms with Gasteiger partial charge in [-0.3, -0.25) is 9.69 Å². The number of carbonyl (C=O) groups is 1. The first-order valence-electron chi connectivity index (χ1n) is 10.8. The van der Waals surface area contributed by atoms with Gasteiger partial charge in [-0.2, -0.15) is 4.31 Å². The number of anilines is 1. The molecule has 0 aliphatic carbocycles. The van der Waals surface area contributed by atoms with Gasteiger partial charge in [0, 0.05) is 13.2 Å². The molecule has 0 saturated carbocycles. The standard InChI is InChI=1S/C22H25N3O4S3/c1-15-6-2-9-18-20(15)23-22(31-18)24(14-16-7-4-12-29-16)21(26)17-8-3-11-25(17)32(27,28)19-10-5-13-30-19/h2,5-6,9-10,13,16-17H,3-4,7-8,11-12,14H2,1H3. The molecule has 2 saturated heterocycles. The van der Waals surface area contributed by atoms with E-state index in [0.717, 1.165) is 28.6 Å². The summed E-state index contributed by atoms with van der Waals surface area (Å²) in [7, 11) is -3.71. The third-order valence-corrected chi connectivity index (χ3v) is 10.4. The minimum atomic E-state index is -3.71. The molecule has 3 aromatic rings. The van der Waals surface area contributed by atoms with Gasteiger partial charge in [0.15, 0.2) is 5.13 Å². The zero-order valence-corrected chi connectivity index (χ0v) is 20.2. The summed E-state index contributed by atoms with van der Waals surface area (Å²) in [4.78, 5) is 20.3. The molecule has 0 N–H and O–H groups in total. The average Bonchev–Trinajstić information content (AvgIpc) is 3.57. The Morgan fingerprint density at radius 3 is 2.84 bits per heavy atom. The smallest absolute Gasteiger partial charge is 0.253 e. The molecule has 4 heterocycles. The zero-order valence-electron chi connectivity index (χ0n) is 17.8. The van der Waals surface area contributed by atoms with E-state index in [2.05, 4.69) is 0 Å². The number of rotatable bonds is 6. The van der Waals surface area contributed by atoms with Gasteiger partial charge in [0.25, 0.3) is 10.0 Å². The van der Waals surface area contributed by atoms with Crippen LogP contribution in [-0.2, 0) is 19.6 Å². The van der Waals surface area contributed by atoms with E-state index >= 15 is 0 Å². The molecule has 2 fully saturated rings. The van der Waals surface area contributed by atoms with Crippen LogP contribution in [0.25, 0.3) is 10.2 Å². The van der Waals surface area contributed by atoms with Gasteiger partial charge in [-0.15, -0.1) is 11.3 Å². The van der Waals surface area contributed by atoms with Crippen LogP contribution in [0.1, 0.15) is 31.2 Å². The molecule has 1 aromatic carbocycles. The maximum atomic E-state index is 13.9. The SMILES string of the molecule is Cc1cccc2sc(N(CC3CCCO3)C(=O)C3CCCN3S(=O)(=O)c3cccs3)nc12. The number of carbonyl (C=O) groups excluding carboxylic acids is 1. The number of thiophene rings is 1. The number of para-hydroxylation sites is 1. The number of sulfonamides is 1. The molecule has 10 heteroatoms. The number of fused-ring (bicyclic) bond motifs is 1. The van der Waals surface area contributed by atoms with E-state index in [-0.39, 0.29) is 16.2 Å². The van der Waals surface area contributed by atoms with E-state index in [1.165, 1.54) is 27.0 Å². The monoisotopic (exact) mass is 491 g/mol. The number of aryl methyl sites for hydroxylation is 1.